The Hall–Kier alpha value is -1.88. The van der Waals surface area contributed by atoms with E-state index in [1.165, 1.54) is 0 Å². The van der Waals surface area contributed by atoms with Gasteiger partial charge in [0.1, 0.15) is 5.75 Å². The van der Waals surface area contributed by atoms with Crippen LogP contribution in [0.15, 0.2) is 22.7 Å². The van der Waals surface area contributed by atoms with E-state index in [9.17, 15) is 0 Å². The lowest BCUT2D eigenvalue weighted by Gasteiger charge is -2.04. The normalized spacial score (nSPS) is 10.5. The highest BCUT2D eigenvalue weighted by molar-refractivity contribution is 5.57. The summed E-state index contributed by atoms with van der Waals surface area (Å²) in [4.78, 5) is 4.26. The Morgan fingerprint density at radius 1 is 1.41 bits per heavy atom. The number of methoxy groups -OCH3 is 1. The summed E-state index contributed by atoms with van der Waals surface area (Å²) < 4.78 is 10.4. The highest BCUT2D eigenvalue weighted by atomic mass is 16.5. The summed E-state index contributed by atoms with van der Waals surface area (Å²) in [5, 5.41) is 3.85. The molecule has 0 unspecified atom stereocenters. The van der Waals surface area contributed by atoms with Gasteiger partial charge in [-0.2, -0.15) is 4.98 Å². The zero-order chi connectivity index (χ0) is 12.3. The van der Waals surface area contributed by atoms with Gasteiger partial charge in [0.25, 0.3) is 5.89 Å². The third-order valence-corrected chi connectivity index (χ3v) is 2.49. The van der Waals surface area contributed by atoms with Crippen molar-refractivity contribution in [2.24, 2.45) is 5.73 Å². The molecule has 0 saturated carbocycles. The van der Waals surface area contributed by atoms with Gasteiger partial charge in [0.2, 0.25) is 0 Å². The van der Waals surface area contributed by atoms with Gasteiger partial charge < -0.3 is 15.0 Å². The molecule has 2 rings (SSSR count). The van der Waals surface area contributed by atoms with Crippen molar-refractivity contribution in [1.82, 2.24) is 10.1 Å². The van der Waals surface area contributed by atoms with Gasteiger partial charge >= 0.3 is 0 Å². The lowest BCUT2D eigenvalue weighted by atomic mass is 10.1. The number of hydrogen-bond acceptors (Lipinski definition) is 5. The molecule has 0 atom stereocenters. The first-order valence-electron chi connectivity index (χ1n) is 5.42. The minimum absolute atomic E-state index is 0.492. The fourth-order valence-corrected chi connectivity index (χ4v) is 1.55. The number of ether oxygens (including phenoxy) is 1. The van der Waals surface area contributed by atoms with E-state index in [1.54, 1.807) is 7.11 Å². The summed E-state index contributed by atoms with van der Waals surface area (Å²) in [6, 6.07) is 5.77. The van der Waals surface area contributed by atoms with E-state index < -0.39 is 0 Å². The summed E-state index contributed by atoms with van der Waals surface area (Å²) in [5.74, 6) is 1.93. The highest BCUT2D eigenvalue weighted by Gasteiger charge is 2.10. The number of aromatic nitrogens is 2. The first-order chi connectivity index (χ1) is 8.24. The Balaban J connectivity index is 2.32. The SMILES string of the molecule is COc1cc(-c2nc(CCN)no2)ccc1C. The fraction of sp³-hybridized carbons (Fsp3) is 0.333. The second-order valence-corrected chi connectivity index (χ2v) is 3.74. The average Bonchev–Trinajstić information content (AvgIpc) is 2.79. The van der Waals surface area contributed by atoms with Gasteiger partial charge in [-0.15, -0.1) is 0 Å². The van der Waals surface area contributed by atoms with Crippen molar-refractivity contribution in [2.75, 3.05) is 13.7 Å². The number of hydrogen-bond donors (Lipinski definition) is 1. The molecule has 5 nitrogen and oxygen atoms in total. The van der Waals surface area contributed by atoms with Crippen molar-refractivity contribution >= 4 is 0 Å². The van der Waals surface area contributed by atoms with Crippen molar-refractivity contribution in [3.63, 3.8) is 0 Å². The van der Waals surface area contributed by atoms with Crippen LogP contribution in [0.3, 0.4) is 0 Å². The Morgan fingerprint density at radius 3 is 2.94 bits per heavy atom. The summed E-state index contributed by atoms with van der Waals surface area (Å²) in [6.45, 7) is 2.49. The van der Waals surface area contributed by atoms with E-state index in [1.807, 2.05) is 25.1 Å². The van der Waals surface area contributed by atoms with E-state index in [2.05, 4.69) is 10.1 Å². The highest BCUT2D eigenvalue weighted by Crippen LogP contribution is 2.25. The second kappa shape index (κ2) is 4.97. The van der Waals surface area contributed by atoms with E-state index in [-0.39, 0.29) is 0 Å². The molecule has 0 amide bonds. The summed E-state index contributed by atoms with van der Waals surface area (Å²) in [5.41, 5.74) is 7.35. The van der Waals surface area contributed by atoms with E-state index >= 15 is 0 Å². The Labute approximate surface area is 99.6 Å². The van der Waals surface area contributed by atoms with Crippen molar-refractivity contribution in [1.29, 1.82) is 0 Å². The monoisotopic (exact) mass is 233 g/mol. The molecule has 0 spiro atoms. The molecule has 90 valence electrons. The molecule has 0 aliphatic rings. The van der Waals surface area contributed by atoms with Crippen LogP contribution in [0.2, 0.25) is 0 Å². The summed E-state index contributed by atoms with van der Waals surface area (Å²) >= 11 is 0. The third-order valence-electron chi connectivity index (χ3n) is 2.49. The molecule has 0 aliphatic carbocycles. The standard InChI is InChI=1S/C12H15N3O2/c1-8-3-4-9(7-10(8)16-2)12-14-11(5-6-13)15-17-12/h3-4,7H,5-6,13H2,1-2H3. The maximum atomic E-state index is 5.43. The number of rotatable bonds is 4. The van der Waals surface area contributed by atoms with Crippen LogP contribution >= 0.6 is 0 Å². The lowest BCUT2D eigenvalue weighted by molar-refractivity contribution is 0.409. The quantitative estimate of drug-likeness (QED) is 0.867. The van der Waals surface area contributed by atoms with E-state index in [0.29, 0.717) is 24.7 Å². The lowest BCUT2D eigenvalue weighted by Crippen LogP contribution is -2.03. The summed E-state index contributed by atoms with van der Waals surface area (Å²) in [6.07, 6.45) is 0.618. The zero-order valence-electron chi connectivity index (χ0n) is 9.93. The number of nitrogens with zero attached hydrogens (tertiary/aromatic N) is 2. The number of benzene rings is 1. The molecule has 2 aromatic rings. The first-order valence-corrected chi connectivity index (χ1v) is 5.42. The first kappa shape index (κ1) is 11.6. The van der Waals surface area contributed by atoms with Crippen LogP contribution in [0.1, 0.15) is 11.4 Å². The van der Waals surface area contributed by atoms with Crippen LogP contribution in [0.5, 0.6) is 5.75 Å². The minimum atomic E-state index is 0.492. The topological polar surface area (TPSA) is 74.2 Å². The van der Waals surface area contributed by atoms with Crippen LogP contribution in [-0.4, -0.2) is 23.8 Å². The molecule has 0 saturated heterocycles. The molecule has 17 heavy (non-hydrogen) atoms. The molecule has 5 heteroatoms. The second-order valence-electron chi connectivity index (χ2n) is 3.74. The van der Waals surface area contributed by atoms with Crippen molar-refractivity contribution < 1.29 is 9.26 Å². The zero-order valence-corrected chi connectivity index (χ0v) is 9.93. The Bertz CT molecular complexity index is 508. The van der Waals surface area contributed by atoms with Gasteiger partial charge in [-0.05, 0) is 31.2 Å². The predicted molar refractivity (Wildman–Crippen MR) is 63.8 cm³/mol. The molecule has 0 fully saturated rings. The maximum absolute atomic E-state index is 5.43. The van der Waals surface area contributed by atoms with Crippen molar-refractivity contribution in [2.45, 2.75) is 13.3 Å². The van der Waals surface area contributed by atoms with Crippen LogP contribution < -0.4 is 10.5 Å². The molecule has 2 N–H and O–H groups in total. The minimum Gasteiger partial charge on any atom is -0.496 e. The summed E-state index contributed by atoms with van der Waals surface area (Å²) in [7, 11) is 1.64. The number of aryl methyl sites for hydroxylation is 1. The molecule has 0 radical (unpaired) electrons. The molecule has 1 aromatic heterocycles. The van der Waals surface area contributed by atoms with Crippen LogP contribution in [0, 0.1) is 6.92 Å². The van der Waals surface area contributed by atoms with Gasteiger partial charge in [0, 0.05) is 12.0 Å². The third kappa shape index (κ3) is 2.45. The van der Waals surface area contributed by atoms with Crippen LogP contribution in [0.25, 0.3) is 11.5 Å². The van der Waals surface area contributed by atoms with Gasteiger partial charge in [0.05, 0.1) is 7.11 Å². The van der Waals surface area contributed by atoms with E-state index in [4.69, 9.17) is 15.0 Å². The molecule has 0 aliphatic heterocycles. The van der Waals surface area contributed by atoms with Crippen molar-refractivity contribution in [3.8, 4) is 17.2 Å². The van der Waals surface area contributed by atoms with E-state index in [0.717, 1.165) is 16.9 Å². The van der Waals surface area contributed by atoms with Gasteiger partial charge in [0.15, 0.2) is 5.82 Å². The molecular formula is C12H15N3O2. The van der Waals surface area contributed by atoms with Crippen LogP contribution in [-0.2, 0) is 6.42 Å². The van der Waals surface area contributed by atoms with Crippen molar-refractivity contribution in [3.05, 3.63) is 29.6 Å². The fourth-order valence-electron chi connectivity index (χ4n) is 1.55. The largest absolute Gasteiger partial charge is 0.496 e. The predicted octanol–water partition coefficient (Wildman–Crippen LogP) is 1.55. The van der Waals surface area contributed by atoms with Gasteiger partial charge in [-0.25, -0.2) is 0 Å². The maximum Gasteiger partial charge on any atom is 0.258 e. The van der Waals surface area contributed by atoms with Crippen LogP contribution in [0.4, 0.5) is 0 Å². The molecule has 1 heterocycles. The molecule has 1 aromatic carbocycles. The molecular weight excluding hydrogens is 218 g/mol. The number of nitrogens with two attached hydrogens (primary N) is 1. The molecule has 0 bridgehead atoms. The Morgan fingerprint density at radius 2 is 2.24 bits per heavy atom. The average molecular weight is 233 g/mol. The smallest absolute Gasteiger partial charge is 0.258 e. The van der Waals surface area contributed by atoms with Gasteiger partial charge in [-0.1, -0.05) is 11.2 Å². The Kier molecular flexibility index (Phi) is 3.39. The van der Waals surface area contributed by atoms with Gasteiger partial charge in [-0.3, -0.25) is 0 Å².